The number of likely N-dealkylation sites (tertiary alicyclic amines) is 1. The second kappa shape index (κ2) is 13.2. The van der Waals surface area contributed by atoms with Gasteiger partial charge in [0.05, 0.1) is 34.2 Å². The lowest BCUT2D eigenvalue weighted by Gasteiger charge is -2.27. The highest BCUT2D eigenvalue weighted by atomic mass is 32.2. The van der Waals surface area contributed by atoms with Crippen molar-refractivity contribution in [2.75, 3.05) is 13.1 Å². The van der Waals surface area contributed by atoms with Crippen LogP contribution in [0.4, 0.5) is 9.59 Å². The highest BCUT2D eigenvalue weighted by molar-refractivity contribution is 8.07. The summed E-state index contributed by atoms with van der Waals surface area (Å²) in [5.41, 5.74) is 4.37. The lowest BCUT2D eigenvalue weighted by molar-refractivity contribution is 0.0215. The quantitative estimate of drug-likeness (QED) is 0.157. The number of fused-ring (bicyclic) bond motifs is 1. The van der Waals surface area contributed by atoms with Crippen LogP contribution in [0.2, 0.25) is 0 Å². The molecule has 48 heavy (non-hydrogen) atoms. The summed E-state index contributed by atoms with van der Waals surface area (Å²) in [6, 6.07) is 13.9. The molecule has 4 aromatic rings. The summed E-state index contributed by atoms with van der Waals surface area (Å²) in [7, 11) is 0. The van der Waals surface area contributed by atoms with Crippen molar-refractivity contribution < 1.29 is 19.1 Å². The van der Waals surface area contributed by atoms with Gasteiger partial charge in [0, 0.05) is 24.2 Å². The Morgan fingerprint density at radius 2 is 1.69 bits per heavy atom. The first-order valence-electron chi connectivity index (χ1n) is 16.6. The van der Waals surface area contributed by atoms with Crippen molar-refractivity contribution in [2.45, 2.75) is 95.6 Å². The van der Waals surface area contributed by atoms with Crippen molar-refractivity contribution in [2.24, 2.45) is 0 Å². The van der Waals surface area contributed by atoms with Crippen LogP contribution in [0.25, 0.3) is 22.3 Å². The highest BCUT2D eigenvalue weighted by Crippen LogP contribution is 2.56. The fraction of sp³-hybridized carbons (Fsp3) is 0.459. The molecule has 0 radical (unpaired) electrons. The number of benzene rings is 2. The zero-order chi connectivity index (χ0) is 34.2. The maximum absolute atomic E-state index is 12.8. The summed E-state index contributed by atoms with van der Waals surface area (Å²) < 4.78 is 11.3. The summed E-state index contributed by atoms with van der Waals surface area (Å²) in [6.07, 6.45) is 3.84. The van der Waals surface area contributed by atoms with Gasteiger partial charge in [-0.3, -0.25) is 9.80 Å². The minimum absolute atomic E-state index is 0.00517. The number of aromatic amines is 2. The number of hydrogen-bond acceptors (Lipinski definition) is 7. The third kappa shape index (κ3) is 7.81. The molecule has 6 rings (SSSR count). The summed E-state index contributed by atoms with van der Waals surface area (Å²) in [4.78, 5) is 45.5. The molecule has 4 heterocycles. The topological polar surface area (TPSA) is 116 Å². The lowest BCUT2D eigenvalue weighted by atomic mass is 10.1. The minimum atomic E-state index is -0.541. The van der Waals surface area contributed by atoms with E-state index < -0.39 is 11.2 Å². The van der Waals surface area contributed by atoms with E-state index in [0.29, 0.717) is 13.1 Å². The number of amides is 2. The number of thioether (sulfide) groups is 1. The molecule has 0 spiro atoms. The van der Waals surface area contributed by atoms with E-state index in [1.165, 1.54) is 0 Å². The summed E-state index contributed by atoms with van der Waals surface area (Å²) >= 11 is 1.71. The van der Waals surface area contributed by atoms with Crippen LogP contribution in [-0.4, -0.2) is 71.6 Å². The third-order valence-corrected chi connectivity index (χ3v) is 9.24. The van der Waals surface area contributed by atoms with Gasteiger partial charge in [0.1, 0.15) is 28.2 Å². The van der Waals surface area contributed by atoms with Gasteiger partial charge in [-0.25, -0.2) is 19.6 Å². The molecule has 2 aliphatic rings. The van der Waals surface area contributed by atoms with E-state index in [-0.39, 0.29) is 28.9 Å². The van der Waals surface area contributed by atoms with Gasteiger partial charge in [-0.15, -0.1) is 11.8 Å². The minimum Gasteiger partial charge on any atom is -0.444 e. The fourth-order valence-electron chi connectivity index (χ4n) is 5.79. The van der Waals surface area contributed by atoms with Crippen molar-refractivity contribution in [3.63, 3.8) is 0 Å². The Bertz CT molecular complexity index is 1860. The molecule has 2 aromatic carbocycles. The molecule has 2 amide bonds. The van der Waals surface area contributed by atoms with Gasteiger partial charge >= 0.3 is 12.2 Å². The Labute approximate surface area is 286 Å². The number of hydrogen-bond donors (Lipinski definition) is 2. The van der Waals surface area contributed by atoms with Crippen molar-refractivity contribution in [3.05, 3.63) is 71.4 Å². The van der Waals surface area contributed by atoms with E-state index in [2.05, 4.69) is 33.7 Å². The van der Waals surface area contributed by atoms with Crippen molar-refractivity contribution in [1.82, 2.24) is 29.7 Å². The first-order chi connectivity index (χ1) is 22.8. The smallest absolute Gasteiger partial charge is 0.411 e. The average molecular weight is 669 g/mol. The summed E-state index contributed by atoms with van der Waals surface area (Å²) in [5.74, 6) is 8.18. The second-order valence-electron chi connectivity index (χ2n) is 14.3. The highest BCUT2D eigenvalue weighted by Gasteiger charge is 2.49. The number of aromatic nitrogens is 4. The van der Waals surface area contributed by atoms with Crippen LogP contribution in [0, 0.1) is 11.8 Å². The molecule has 3 atom stereocenters. The summed E-state index contributed by atoms with van der Waals surface area (Å²) in [6.45, 7) is 14.7. The van der Waals surface area contributed by atoms with Gasteiger partial charge in [-0.1, -0.05) is 30.9 Å². The molecule has 0 aliphatic carbocycles. The fourth-order valence-corrected chi connectivity index (χ4v) is 6.85. The molecule has 2 aromatic heterocycles. The number of nitrogens with one attached hydrogen (secondary N) is 2. The van der Waals surface area contributed by atoms with E-state index >= 15 is 0 Å². The van der Waals surface area contributed by atoms with E-state index in [1.54, 1.807) is 16.7 Å². The lowest BCUT2D eigenvalue weighted by Crippen LogP contribution is -2.39. The van der Waals surface area contributed by atoms with Crippen molar-refractivity contribution in [1.29, 1.82) is 0 Å². The van der Waals surface area contributed by atoms with Crippen LogP contribution < -0.4 is 0 Å². The first kappa shape index (κ1) is 33.5. The number of carbonyl (C=O) groups is 2. The van der Waals surface area contributed by atoms with Gasteiger partial charge in [0.25, 0.3) is 0 Å². The molecular formula is C37H44N6O4S. The van der Waals surface area contributed by atoms with Crippen LogP contribution in [-0.2, 0) is 9.47 Å². The normalized spacial score (nSPS) is 19.1. The molecule has 3 unspecified atom stereocenters. The van der Waals surface area contributed by atoms with Gasteiger partial charge in [0.2, 0.25) is 0 Å². The Kier molecular flexibility index (Phi) is 9.22. The molecule has 2 saturated heterocycles. The molecule has 2 aliphatic heterocycles. The molecular weight excluding hydrogens is 625 g/mol. The monoisotopic (exact) mass is 668 g/mol. The Hall–Kier alpha value is -4.43. The molecule has 10 nitrogen and oxygen atoms in total. The predicted molar refractivity (Wildman–Crippen MR) is 188 cm³/mol. The van der Waals surface area contributed by atoms with Crippen LogP contribution in [0.3, 0.4) is 0 Å². The van der Waals surface area contributed by atoms with E-state index in [4.69, 9.17) is 14.5 Å². The van der Waals surface area contributed by atoms with Gasteiger partial charge in [0.15, 0.2) is 0 Å². The first-order valence-corrected chi connectivity index (χ1v) is 17.5. The SMILES string of the molecule is CCCN(C(=O)OC(C)(C)C)C1SC1c1nc2ccc(C#Cc3ccc(-c4cnc(C5CCCN5C(=O)OC(C)(C)C)[nH]4)cc3)cc2[nH]1. The second-order valence-corrected chi connectivity index (χ2v) is 15.6. The largest absolute Gasteiger partial charge is 0.444 e. The zero-order valence-corrected chi connectivity index (χ0v) is 29.5. The van der Waals surface area contributed by atoms with Crippen LogP contribution in [0.5, 0.6) is 0 Å². The van der Waals surface area contributed by atoms with Crippen LogP contribution >= 0.6 is 11.8 Å². The van der Waals surface area contributed by atoms with Gasteiger partial charge < -0.3 is 19.4 Å². The standard InChI is InChI=1S/C37H44N6O4S/c1-8-19-43(35(45)47-37(5,6)7)33-30(48-33)32-39-26-18-15-24(21-27(26)40-32)12-11-23-13-16-25(17-14-23)28-22-38-31(41-28)29-10-9-20-42(29)34(44)46-36(2,3)4/h13-18,21-22,29-30,33H,8-10,19-20H2,1-7H3,(H,38,41)(H,39,40). The number of nitrogens with zero attached hydrogens (tertiary/aromatic N) is 4. The summed E-state index contributed by atoms with van der Waals surface area (Å²) in [5, 5.41) is 0.0862. The van der Waals surface area contributed by atoms with Crippen molar-refractivity contribution in [3.8, 4) is 23.1 Å². The molecule has 2 N–H and O–H groups in total. The predicted octanol–water partition coefficient (Wildman–Crippen LogP) is 8.19. The van der Waals surface area contributed by atoms with Crippen molar-refractivity contribution >= 4 is 35.0 Å². The Balaban J connectivity index is 1.10. The molecule has 252 valence electrons. The molecule has 0 saturated carbocycles. The van der Waals surface area contributed by atoms with Crippen LogP contribution in [0.1, 0.15) is 102 Å². The number of carbonyl (C=O) groups excluding carboxylic acids is 2. The van der Waals surface area contributed by atoms with E-state index in [0.717, 1.165) is 64.3 Å². The van der Waals surface area contributed by atoms with Gasteiger partial charge in [-0.2, -0.15) is 0 Å². The molecule has 2 fully saturated rings. The average Bonchev–Trinajstić information content (AvgIpc) is 3.36. The third-order valence-electron chi connectivity index (χ3n) is 7.98. The molecule has 0 bridgehead atoms. The van der Waals surface area contributed by atoms with E-state index in [1.807, 2.05) is 95.1 Å². The maximum atomic E-state index is 12.8. The maximum Gasteiger partial charge on any atom is 0.411 e. The Morgan fingerprint density at radius 1 is 0.979 bits per heavy atom. The number of ether oxygens (including phenoxy) is 2. The Morgan fingerprint density at radius 3 is 2.40 bits per heavy atom. The number of imidazole rings is 2. The van der Waals surface area contributed by atoms with Gasteiger partial charge in [-0.05, 0) is 96.7 Å². The number of rotatable bonds is 6. The van der Waals surface area contributed by atoms with E-state index in [9.17, 15) is 9.59 Å². The number of H-pyrrole nitrogens is 2. The van der Waals surface area contributed by atoms with Crippen LogP contribution in [0.15, 0.2) is 48.7 Å². The zero-order valence-electron chi connectivity index (χ0n) is 28.7. The molecule has 11 heteroatoms.